The molecule has 32 heavy (non-hydrogen) atoms. The molecule has 2 aromatic rings. The van der Waals surface area contributed by atoms with Gasteiger partial charge >= 0.3 is 0 Å². The number of Topliss-reactive ketones (excluding diaryl/α,β-unsaturated/α-hetero) is 1. The molecule has 2 N–H and O–H groups in total. The van der Waals surface area contributed by atoms with Crippen LogP contribution in [0.2, 0.25) is 0 Å². The molecule has 0 heterocycles. The van der Waals surface area contributed by atoms with Crippen molar-refractivity contribution in [1.29, 1.82) is 0 Å². The third-order valence-electron chi connectivity index (χ3n) is 6.30. The number of nitrogens with one attached hydrogen (secondary N) is 2. The van der Waals surface area contributed by atoms with Crippen molar-refractivity contribution in [3.8, 4) is 0 Å². The Hall–Kier alpha value is -2.04. The predicted octanol–water partition coefficient (Wildman–Crippen LogP) is 6.11. The highest BCUT2D eigenvalue weighted by Gasteiger charge is 2.31. The van der Waals surface area contributed by atoms with Gasteiger partial charge < -0.3 is 10.6 Å². The average molecular weight is 451 g/mol. The van der Waals surface area contributed by atoms with E-state index < -0.39 is 0 Å². The molecular weight excluding hydrogens is 412 g/mol. The minimum atomic E-state index is 0.0563. The Morgan fingerprint density at radius 3 is 2.34 bits per heavy atom. The van der Waals surface area contributed by atoms with E-state index in [1.165, 1.54) is 11.1 Å². The van der Waals surface area contributed by atoms with Crippen LogP contribution in [0.5, 0.6) is 0 Å². The van der Waals surface area contributed by atoms with Gasteiger partial charge in [0.05, 0.1) is 4.91 Å². The van der Waals surface area contributed by atoms with Crippen LogP contribution in [0.1, 0.15) is 57.1 Å². The number of thioether (sulfide) groups is 1. The molecule has 0 spiro atoms. The van der Waals surface area contributed by atoms with Crippen LogP contribution < -0.4 is 10.6 Å². The predicted molar refractivity (Wildman–Crippen MR) is 138 cm³/mol. The number of rotatable bonds is 11. The number of hydrogen-bond acceptors (Lipinski definition) is 4. The maximum absolute atomic E-state index is 13.6. The second-order valence-corrected chi connectivity index (χ2v) is 10.1. The molecule has 1 aliphatic carbocycles. The summed E-state index contributed by atoms with van der Waals surface area (Å²) in [5.41, 5.74) is 3.83. The average Bonchev–Trinajstić information content (AvgIpc) is 2.81. The lowest BCUT2D eigenvalue weighted by atomic mass is 9.74. The van der Waals surface area contributed by atoms with Crippen LogP contribution in [-0.4, -0.2) is 25.4 Å². The molecule has 0 radical (unpaired) electrons. The topological polar surface area (TPSA) is 41.1 Å². The summed E-state index contributed by atoms with van der Waals surface area (Å²) in [6, 6.07) is 21.1. The lowest BCUT2D eigenvalue weighted by Crippen LogP contribution is -2.30. The lowest BCUT2D eigenvalue weighted by molar-refractivity contribution is -0.117. The number of likely N-dealkylation sites (N-methyl/N-ethyl adjacent to an activating group) is 1. The Balaban J connectivity index is 1.72. The molecule has 0 aliphatic heterocycles. The number of ketones is 1. The lowest BCUT2D eigenvalue weighted by Gasteiger charge is -2.32. The fourth-order valence-electron chi connectivity index (χ4n) is 4.38. The number of aryl methyl sites for hydroxylation is 1. The summed E-state index contributed by atoms with van der Waals surface area (Å²) in [5.74, 6) is 1.15. The van der Waals surface area contributed by atoms with E-state index in [0.29, 0.717) is 12.2 Å². The van der Waals surface area contributed by atoms with Gasteiger partial charge in [-0.3, -0.25) is 4.79 Å². The number of allylic oxidation sites excluding steroid dienone is 2. The Kier molecular flexibility index (Phi) is 9.89. The number of hydrogen-bond donors (Lipinski definition) is 2. The van der Waals surface area contributed by atoms with Crippen LogP contribution in [-0.2, 0) is 17.0 Å². The van der Waals surface area contributed by atoms with E-state index in [1.54, 1.807) is 11.8 Å². The van der Waals surface area contributed by atoms with Gasteiger partial charge in [0.15, 0.2) is 5.78 Å². The van der Waals surface area contributed by atoms with Gasteiger partial charge in [0.2, 0.25) is 0 Å². The van der Waals surface area contributed by atoms with Crippen molar-refractivity contribution < 1.29 is 4.79 Å². The van der Waals surface area contributed by atoms with Crippen molar-refractivity contribution in [1.82, 2.24) is 10.6 Å². The van der Waals surface area contributed by atoms with Gasteiger partial charge in [-0.25, -0.2) is 0 Å². The number of benzene rings is 2. The smallest absolute Gasteiger partial charge is 0.171 e. The second kappa shape index (κ2) is 12.9. The minimum absolute atomic E-state index is 0.0563. The molecule has 1 aliphatic rings. The molecule has 1 atom stereocenters. The molecular formula is C28H38N2OS. The van der Waals surface area contributed by atoms with Crippen LogP contribution in [0, 0.1) is 5.41 Å². The molecule has 3 nitrogen and oxygen atoms in total. The first kappa shape index (κ1) is 24.6. The second-order valence-electron chi connectivity index (χ2n) is 9.11. The first-order valence-corrected chi connectivity index (χ1v) is 13.0. The van der Waals surface area contributed by atoms with E-state index in [1.807, 2.05) is 6.07 Å². The minimum Gasteiger partial charge on any atom is -0.386 e. The van der Waals surface area contributed by atoms with Gasteiger partial charge in [-0.05, 0) is 55.2 Å². The molecule has 172 valence electrons. The quantitative estimate of drug-likeness (QED) is 0.405. The summed E-state index contributed by atoms with van der Waals surface area (Å²) >= 11 is 1.72. The third-order valence-corrected chi connectivity index (χ3v) is 7.54. The molecule has 0 amide bonds. The van der Waals surface area contributed by atoms with Crippen molar-refractivity contribution in [2.24, 2.45) is 5.41 Å². The number of carbonyl (C=O) groups is 1. The van der Waals surface area contributed by atoms with Crippen LogP contribution in [0.4, 0.5) is 0 Å². The van der Waals surface area contributed by atoms with Crippen molar-refractivity contribution in [3.63, 3.8) is 0 Å². The van der Waals surface area contributed by atoms with Crippen molar-refractivity contribution in [2.75, 3.05) is 19.6 Å². The largest absolute Gasteiger partial charge is 0.386 e. The highest BCUT2D eigenvalue weighted by atomic mass is 32.2. The first-order valence-electron chi connectivity index (χ1n) is 12.0. The Labute approximate surface area is 198 Å². The van der Waals surface area contributed by atoms with Crippen LogP contribution in [0.25, 0.3) is 0 Å². The summed E-state index contributed by atoms with van der Waals surface area (Å²) in [6.45, 7) is 7.18. The van der Waals surface area contributed by atoms with Crippen molar-refractivity contribution in [3.05, 3.63) is 82.4 Å². The highest BCUT2D eigenvalue weighted by molar-refractivity contribution is 8.03. The first-order chi connectivity index (χ1) is 15.6. The van der Waals surface area contributed by atoms with E-state index in [2.05, 4.69) is 79.1 Å². The summed E-state index contributed by atoms with van der Waals surface area (Å²) in [6.07, 6.45) is 5.90. The molecule has 0 aromatic heterocycles. The van der Waals surface area contributed by atoms with Gasteiger partial charge in [-0.1, -0.05) is 74.5 Å². The molecule has 3 rings (SSSR count). The van der Waals surface area contributed by atoms with Gasteiger partial charge in [0.25, 0.3) is 0 Å². The molecule has 1 unspecified atom stereocenters. The summed E-state index contributed by atoms with van der Waals surface area (Å²) in [5, 5.41) is 6.97. The van der Waals surface area contributed by atoms with E-state index >= 15 is 0 Å². The highest BCUT2D eigenvalue weighted by Crippen LogP contribution is 2.40. The zero-order chi connectivity index (χ0) is 22.7. The molecule has 0 fully saturated rings. The van der Waals surface area contributed by atoms with Crippen LogP contribution >= 0.6 is 11.8 Å². The maximum Gasteiger partial charge on any atom is 0.171 e. The standard InChI is InChI=1S/C28H38N2OS/c1-3-29-19-20-30-25-15-10-17-28(2,18-16-23-11-6-4-7-12-23)21-26(31)27(25)32-22-24-13-8-5-9-14-24/h4-9,11-14,29-30H,3,10,15-22H2,1-2H3/b27-25-. The Morgan fingerprint density at radius 2 is 1.66 bits per heavy atom. The normalized spacial score (nSPS) is 21.8. The molecule has 2 aromatic carbocycles. The van der Waals surface area contributed by atoms with Gasteiger partial charge in [-0.2, -0.15) is 0 Å². The van der Waals surface area contributed by atoms with E-state index in [0.717, 1.165) is 68.1 Å². The fourth-order valence-corrected chi connectivity index (χ4v) is 5.46. The van der Waals surface area contributed by atoms with Gasteiger partial charge in [0, 0.05) is 31.0 Å². The Morgan fingerprint density at radius 1 is 0.969 bits per heavy atom. The number of carbonyl (C=O) groups excluding carboxylic acids is 1. The van der Waals surface area contributed by atoms with Gasteiger partial charge in [0.1, 0.15) is 0 Å². The molecule has 0 saturated heterocycles. The molecule has 0 saturated carbocycles. The zero-order valence-electron chi connectivity index (χ0n) is 19.7. The monoisotopic (exact) mass is 450 g/mol. The van der Waals surface area contributed by atoms with Crippen molar-refractivity contribution >= 4 is 17.5 Å². The Bertz CT molecular complexity index is 866. The summed E-state index contributed by atoms with van der Waals surface area (Å²) in [4.78, 5) is 14.5. The molecule has 4 heteroatoms. The maximum atomic E-state index is 13.6. The van der Waals surface area contributed by atoms with Crippen molar-refractivity contribution in [2.45, 2.75) is 58.1 Å². The van der Waals surface area contributed by atoms with Crippen LogP contribution in [0.3, 0.4) is 0 Å². The fraction of sp³-hybridized carbons (Fsp3) is 0.464. The van der Waals surface area contributed by atoms with E-state index in [9.17, 15) is 4.79 Å². The third kappa shape index (κ3) is 7.83. The zero-order valence-corrected chi connectivity index (χ0v) is 20.5. The molecule has 0 bridgehead atoms. The summed E-state index contributed by atoms with van der Waals surface area (Å²) < 4.78 is 0. The SMILES string of the molecule is CCNCCN/C1=C(\SCc2ccccc2)C(=O)CC(C)(CCc2ccccc2)CCC1. The van der Waals surface area contributed by atoms with E-state index in [-0.39, 0.29) is 5.41 Å². The van der Waals surface area contributed by atoms with E-state index in [4.69, 9.17) is 0 Å². The van der Waals surface area contributed by atoms with Crippen LogP contribution in [0.15, 0.2) is 71.3 Å². The van der Waals surface area contributed by atoms with Gasteiger partial charge in [-0.15, -0.1) is 11.8 Å². The summed E-state index contributed by atoms with van der Waals surface area (Å²) in [7, 11) is 0.